The monoisotopic (exact) mass is 267 g/mol. The molecule has 0 saturated heterocycles. The molecule has 0 rings (SSSR count). The Hall–Kier alpha value is -1.42. The van der Waals surface area contributed by atoms with E-state index in [1.54, 1.807) is 6.20 Å². The van der Waals surface area contributed by atoms with Gasteiger partial charge in [0, 0.05) is 26.7 Å². The van der Waals surface area contributed by atoms with Gasteiger partial charge in [0.1, 0.15) is 11.6 Å². The maximum atomic E-state index is 9.08. The lowest BCUT2D eigenvalue weighted by molar-refractivity contribution is 0.199. The van der Waals surface area contributed by atoms with Gasteiger partial charge in [-0.2, -0.15) is 0 Å². The molecule has 0 atom stereocenters. The molecule has 1 N–H and O–H groups in total. The van der Waals surface area contributed by atoms with Crippen LogP contribution >= 0.6 is 0 Å². The molecule has 0 aromatic heterocycles. The third kappa shape index (κ3) is 5.39. The minimum absolute atomic E-state index is 0.0717. The average molecular weight is 267 g/mol. The molecule has 0 bridgehead atoms. The highest BCUT2D eigenvalue weighted by molar-refractivity contribution is 5.08. The van der Waals surface area contributed by atoms with E-state index in [2.05, 4.69) is 43.4 Å². The zero-order chi connectivity index (χ0) is 14.8. The molecule has 0 aromatic carbocycles. The highest BCUT2D eigenvalue weighted by atomic mass is 16.3. The Kier molecular flexibility index (Phi) is 8.79. The van der Waals surface area contributed by atoms with Gasteiger partial charge in [-0.3, -0.25) is 0 Å². The fourth-order valence-corrected chi connectivity index (χ4v) is 1.89. The number of rotatable bonds is 11. The molecule has 4 nitrogen and oxygen atoms in total. The maximum absolute atomic E-state index is 9.08. The Labute approximate surface area is 118 Å². The molecule has 19 heavy (non-hydrogen) atoms. The summed E-state index contributed by atoms with van der Waals surface area (Å²) in [6.07, 6.45) is 3.76. The van der Waals surface area contributed by atoms with Gasteiger partial charge in [-0.05, 0) is 19.0 Å². The first-order valence-electron chi connectivity index (χ1n) is 6.89. The average Bonchev–Trinajstić information content (AvgIpc) is 2.41. The van der Waals surface area contributed by atoms with Crippen LogP contribution in [0.4, 0.5) is 0 Å². The molecule has 0 radical (unpaired) electrons. The third-order valence-corrected chi connectivity index (χ3v) is 2.96. The Morgan fingerprint density at radius 1 is 1.05 bits per heavy atom. The molecule has 0 aliphatic heterocycles. The molecule has 0 spiro atoms. The number of hydrogen-bond donors (Lipinski definition) is 1. The van der Waals surface area contributed by atoms with Crippen molar-refractivity contribution in [1.29, 1.82) is 0 Å². The molecular weight excluding hydrogens is 238 g/mol. The normalized spacial score (nSPS) is 9.89. The maximum Gasteiger partial charge on any atom is 0.106 e. The van der Waals surface area contributed by atoms with Crippen molar-refractivity contribution in [2.45, 2.75) is 26.7 Å². The molecule has 110 valence electrons. The second-order valence-corrected chi connectivity index (χ2v) is 4.51. The summed E-state index contributed by atoms with van der Waals surface area (Å²) in [5.74, 6) is 1.73. The zero-order valence-electron chi connectivity index (χ0n) is 12.7. The van der Waals surface area contributed by atoms with E-state index < -0.39 is 0 Å². The summed E-state index contributed by atoms with van der Waals surface area (Å²) in [4.78, 5) is 6.05. The zero-order valence-corrected chi connectivity index (χ0v) is 12.7. The van der Waals surface area contributed by atoms with E-state index in [9.17, 15) is 0 Å². The molecule has 0 unspecified atom stereocenters. The van der Waals surface area contributed by atoms with Gasteiger partial charge >= 0.3 is 0 Å². The van der Waals surface area contributed by atoms with E-state index in [4.69, 9.17) is 5.11 Å². The van der Waals surface area contributed by atoms with Crippen molar-refractivity contribution in [2.75, 3.05) is 33.3 Å². The number of aliphatic hydroxyl groups is 1. The molecule has 0 saturated carbocycles. The summed E-state index contributed by atoms with van der Waals surface area (Å²) in [5, 5.41) is 9.08. The quantitative estimate of drug-likeness (QED) is 0.623. The van der Waals surface area contributed by atoms with Gasteiger partial charge in [0.25, 0.3) is 0 Å². The molecule has 0 fully saturated rings. The number of hydrogen-bond acceptors (Lipinski definition) is 4. The highest BCUT2D eigenvalue weighted by Crippen LogP contribution is 2.17. The molecule has 4 heteroatoms. The summed E-state index contributed by atoms with van der Waals surface area (Å²) in [7, 11) is 2.03. The molecule has 0 amide bonds. The summed E-state index contributed by atoms with van der Waals surface area (Å²) in [5.41, 5.74) is 0. The van der Waals surface area contributed by atoms with Crippen LogP contribution in [0.15, 0.2) is 37.6 Å². The lowest BCUT2D eigenvalue weighted by Gasteiger charge is -2.37. The Balaban J connectivity index is 4.92. The van der Waals surface area contributed by atoms with Gasteiger partial charge in [0.2, 0.25) is 0 Å². The van der Waals surface area contributed by atoms with Gasteiger partial charge in [-0.15, -0.1) is 0 Å². The highest BCUT2D eigenvalue weighted by Gasteiger charge is 2.17. The van der Waals surface area contributed by atoms with Crippen molar-refractivity contribution in [1.82, 2.24) is 14.7 Å². The van der Waals surface area contributed by atoms with Crippen molar-refractivity contribution < 1.29 is 5.11 Å². The molecule has 0 heterocycles. The van der Waals surface area contributed by atoms with Crippen LogP contribution in [0.3, 0.4) is 0 Å². The van der Waals surface area contributed by atoms with Gasteiger partial charge in [-0.1, -0.05) is 33.6 Å². The topological polar surface area (TPSA) is 30.0 Å². The van der Waals surface area contributed by atoms with Crippen molar-refractivity contribution in [2.24, 2.45) is 0 Å². The first kappa shape index (κ1) is 17.6. The van der Waals surface area contributed by atoms with E-state index in [1.165, 1.54) is 0 Å². The fourth-order valence-electron chi connectivity index (χ4n) is 1.89. The van der Waals surface area contributed by atoms with E-state index in [1.807, 2.05) is 11.9 Å². The van der Waals surface area contributed by atoms with Crippen LogP contribution in [0.25, 0.3) is 0 Å². The van der Waals surface area contributed by atoms with Crippen LogP contribution in [0.1, 0.15) is 26.7 Å². The van der Waals surface area contributed by atoms with Crippen molar-refractivity contribution >= 4 is 0 Å². The molecule has 0 aliphatic rings. The van der Waals surface area contributed by atoms with Gasteiger partial charge in [0.05, 0.1) is 6.61 Å². The van der Waals surface area contributed by atoms with Gasteiger partial charge < -0.3 is 19.8 Å². The summed E-state index contributed by atoms with van der Waals surface area (Å²) in [6, 6.07) is 0. The second-order valence-electron chi connectivity index (χ2n) is 4.51. The van der Waals surface area contributed by atoms with Crippen LogP contribution in [-0.2, 0) is 0 Å². The first-order valence-corrected chi connectivity index (χ1v) is 6.89. The Bertz CT molecular complexity index is 302. The van der Waals surface area contributed by atoms with E-state index in [0.717, 1.165) is 37.6 Å². The predicted molar refractivity (Wildman–Crippen MR) is 82.2 cm³/mol. The van der Waals surface area contributed by atoms with Crippen LogP contribution in [-0.4, -0.2) is 53.1 Å². The van der Waals surface area contributed by atoms with Gasteiger partial charge in [-0.25, -0.2) is 0 Å². The first-order chi connectivity index (χ1) is 9.03. The molecule has 0 aromatic rings. The minimum atomic E-state index is 0.0717. The van der Waals surface area contributed by atoms with E-state index in [-0.39, 0.29) is 6.61 Å². The Morgan fingerprint density at radius 3 is 2.05 bits per heavy atom. The smallest absolute Gasteiger partial charge is 0.106 e. The standard InChI is InChI=1S/C15H29N3O/c1-7-10-16(6)14(4)18(11-8-2)15(5)17(9-3)12-13-19/h9,19H,3-5,7-8,10-13H2,1-2,6H3. The summed E-state index contributed by atoms with van der Waals surface area (Å²) in [6.45, 7) is 18.7. The van der Waals surface area contributed by atoms with Crippen molar-refractivity contribution in [3.63, 3.8) is 0 Å². The van der Waals surface area contributed by atoms with E-state index >= 15 is 0 Å². The summed E-state index contributed by atoms with van der Waals surface area (Å²) < 4.78 is 0. The SMILES string of the molecule is C=CN(CCO)C(=C)N(CCC)C(=C)N(C)CCC. The van der Waals surface area contributed by atoms with Gasteiger partial charge in [0.15, 0.2) is 0 Å². The number of nitrogens with zero attached hydrogens (tertiary/aromatic N) is 3. The summed E-state index contributed by atoms with van der Waals surface area (Å²) >= 11 is 0. The molecule has 0 aliphatic carbocycles. The van der Waals surface area contributed by atoms with Crippen molar-refractivity contribution in [3.05, 3.63) is 37.6 Å². The Morgan fingerprint density at radius 2 is 1.63 bits per heavy atom. The fraction of sp³-hybridized carbons (Fsp3) is 0.600. The van der Waals surface area contributed by atoms with Crippen LogP contribution in [0.5, 0.6) is 0 Å². The van der Waals surface area contributed by atoms with Crippen LogP contribution in [0, 0.1) is 0 Å². The second kappa shape index (κ2) is 9.50. The number of aliphatic hydroxyl groups excluding tert-OH is 1. The van der Waals surface area contributed by atoms with Crippen LogP contribution < -0.4 is 0 Å². The lowest BCUT2D eigenvalue weighted by atomic mass is 10.3. The van der Waals surface area contributed by atoms with Crippen molar-refractivity contribution in [3.8, 4) is 0 Å². The lowest BCUT2D eigenvalue weighted by Crippen LogP contribution is -2.38. The predicted octanol–water partition coefficient (Wildman–Crippen LogP) is 2.42. The minimum Gasteiger partial charge on any atom is -0.395 e. The van der Waals surface area contributed by atoms with E-state index in [0.29, 0.717) is 6.54 Å². The largest absolute Gasteiger partial charge is 0.395 e. The third-order valence-electron chi connectivity index (χ3n) is 2.96. The van der Waals surface area contributed by atoms with Crippen LogP contribution in [0.2, 0.25) is 0 Å². The molecular formula is C15H29N3O.